The van der Waals surface area contributed by atoms with Gasteiger partial charge in [-0.3, -0.25) is 0 Å². The Morgan fingerprint density at radius 1 is 1.06 bits per heavy atom. The van der Waals surface area contributed by atoms with Crippen LogP contribution in [-0.4, -0.2) is 12.5 Å². The molecule has 0 amide bonds. The van der Waals surface area contributed by atoms with Crippen LogP contribution in [0, 0.1) is 18.7 Å². The van der Waals surface area contributed by atoms with Crippen molar-refractivity contribution in [3.05, 3.63) is 93.2 Å². The molecule has 0 unspecified atom stereocenters. The number of nitrogens with one attached hydrogen (secondary N) is 1. The fourth-order valence-corrected chi connectivity index (χ4v) is 4.62. The van der Waals surface area contributed by atoms with Crippen molar-refractivity contribution >= 4 is 21.9 Å². The summed E-state index contributed by atoms with van der Waals surface area (Å²) in [5.41, 5.74) is 0.863. The Balaban J connectivity index is 2.10. The van der Waals surface area contributed by atoms with Gasteiger partial charge >= 0.3 is 5.97 Å². The van der Waals surface area contributed by atoms with Gasteiger partial charge < -0.3 is 14.8 Å². The van der Waals surface area contributed by atoms with Gasteiger partial charge in [0, 0.05) is 16.7 Å². The summed E-state index contributed by atoms with van der Waals surface area (Å²) in [5, 5.41) is 3.43. The van der Waals surface area contributed by atoms with Crippen molar-refractivity contribution in [2.45, 2.75) is 46.8 Å². The number of benzene rings is 3. The minimum atomic E-state index is -0.718. The maximum absolute atomic E-state index is 15.9. The summed E-state index contributed by atoms with van der Waals surface area (Å²) in [5.74, 6) is -0.124. The molecule has 180 valence electrons. The summed E-state index contributed by atoms with van der Waals surface area (Å²) in [4.78, 5) is 13.2. The van der Waals surface area contributed by atoms with E-state index in [0.717, 1.165) is 5.56 Å². The molecule has 0 bridgehead atoms. The number of hydrogen-bond donors (Lipinski definition) is 1. The first kappa shape index (κ1) is 25.9. The monoisotopic (exact) mass is 527 g/mol. The standard InChI is InChI=1S/C28H31BrFNO3/c1-18(2)16-31-28(4,5)23-24(29)26(33-17-20-12-8-6-9-13-20)22(19(3)25(23)30)27(32)34-21-14-10-7-11-15-21/h6-15,18,31H,16-17H2,1-5H3. The van der Waals surface area contributed by atoms with Crippen molar-refractivity contribution < 1.29 is 18.7 Å². The van der Waals surface area contributed by atoms with E-state index in [2.05, 4.69) is 35.1 Å². The zero-order valence-corrected chi connectivity index (χ0v) is 21.8. The van der Waals surface area contributed by atoms with Crippen LogP contribution in [-0.2, 0) is 12.1 Å². The Morgan fingerprint density at radius 3 is 2.24 bits per heavy atom. The van der Waals surface area contributed by atoms with Crippen LogP contribution in [0.3, 0.4) is 0 Å². The Bertz CT molecular complexity index is 1130. The first-order valence-electron chi connectivity index (χ1n) is 11.3. The minimum Gasteiger partial charge on any atom is -0.487 e. The van der Waals surface area contributed by atoms with Gasteiger partial charge in [-0.1, -0.05) is 62.4 Å². The largest absolute Gasteiger partial charge is 0.487 e. The van der Waals surface area contributed by atoms with Crippen molar-refractivity contribution in [1.82, 2.24) is 5.32 Å². The van der Waals surface area contributed by atoms with Crippen LogP contribution in [0.1, 0.15) is 54.7 Å². The minimum absolute atomic E-state index is 0.0626. The van der Waals surface area contributed by atoms with E-state index in [1.807, 2.05) is 50.2 Å². The molecular weight excluding hydrogens is 497 g/mol. The average Bonchev–Trinajstić information content (AvgIpc) is 2.80. The number of para-hydroxylation sites is 1. The fraction of sp³-hybridized carbons (Fsp3) is 0.321. The van der Waals surface area contributed by atoms with Crippen molar-refractivity contribution in [2.24, 2.45) is 5.92 Å². The van der Waals surface area contributed by atoms with Crippen molar-refractivity contribution in [2.75, 3.05) is 6.54 Å². The van der Waals surface area contributed by atoms with Gasteiger partial charge in [0.2, 0.25) is 0 Å². The number of carbonyl (C=O) groups excluding carboxylic acids is 1. The highest BCUT2D eigenvalue weighted by molar-refractivity contribution is 9.10. The third-order valence-corrected chi connectivity index (χ3v) is 6.29. The van der Waals surface area contributed by atoms with Gasteiger partial charge in [-0.25, -0.2) is 9.18 Å². The lowest BCUT2D eigenvalue weighted by Crippen LogP contribution is -2.40. The van der Waals surface area contributed by atoms with Crippen LogP contribution in [0.5, 0.6) is 11.5 Å². The second kappa shape index (κ2) is 11.2. The maximum Gasteiger partial charge on any atom is 0.347 e. The summed E-state index contributed by atoms with van der Waals surface area (Å²) in [6.45, 7) is 10.5. The fourth-order valence-electron chi connectivity index (χ4n) is 3.64. The zero-order chi connectivity index (χ0) is 24.9. The molecule has 0 radical (unpaired) electrons. The van der Waals surface area contributed by atoms with Crippen LogP contribution >= 0.6 is 15.9 Å². The molecule has 34 heavy (non-hydrogen) atoms. The number of halogens is 2. The quantitative estimate of drug-likeness (QED) is 0.236. The lowest BCUT2D eigenvalue weighted by Gasteiger charge is -2.31. The molecule has 1 N–H and O–H groups in total. The van der Waals surface area contributed by atoms with E-state index in [-0.39, 0.29) is 23.5 Å². The van der Waals surface area contributed by atoms with E-state index in [9.17, 15) is 4.79 Å². The van der Waals surface area contributed by atoms with Gasteiger partial charge in [-0.05, 0) is 66.9 Å². The molecule has 4 nitrogen and oxygen atoms in total. The topological polar surface area (TPSA) is 47.6 Å². The summed E-state index contributed by atoms with van der Waals surface area (Å²) >= 11 is 3.57. The van der Waals surface area contributed by atoms with Crippen LogP contribution in [0.4, 0.5) is 4.39 Å². The summed E-state index contributed by atoms with van der Waals surface area (Å²) < 4.78 is 28.0. The SMILES string of the molecule is Cc1c(F)c(C(C)(C)NCC(C)C)c(Br)c(OCc2ccccc2)c1C(=O)Oc1ccccc1. The van der Waals surface area contributed by atoms with E-state index >= 15 is 4.39 Å². The molecule has 0 atom stereocenters. The molecule has 0 aliphatic rings. The Morgan fingerprint density at radius 2 is 1.65 bits per heavy atom. The van der Waals surface area contributed by atoms with Gasteiger partial charge in [-0.15, -0.1) is 0 Å². The van der Waals surface area contributed by atoms with Crippen molar-refractivity contribution in [3.8, 4) is 11.5 Å². The first-order chi connectivity index (χ1) is 16.1. The summed E-state index contributed by atoms with van der Waals surface area (Å²) in [7, 11) is 0. The highest BCUT2D eigenvalue weighted by Crippen LogP contribution is 2.43. The molecule has 3 aromatic carbocycles. The lowest BCUT2D eigenvalue weighted by atomic mass is 9.89. The maximum atomic E-state index is 15.9. The number of esters is 1. The Hall–Kier alpha value is -2.70. The molecule has 6 heteroatoms. The average molecular weight is 528 g/mol. The summed E-state index contributed by atoms with van der Waals surface area (Å²) in [6.07, 6.45) is 0. The molecule has 0 spiro atoms. The van der Waals surface area contributed by atoms with E-state index in [4.69, 9.17) is 9.47 Å². The van der Waals surface area contributed by atoms with Gasteiger partial charge in [0.05, 0.1) is 4.47 Å². The molecule has 3 rings (SSSR count). The van der Waals surface area contributed by atoms with Gasteiger partial charge in [-0.2, -0.15) is 0 Å². The van der Waals surface area contributed by atoms with Gasteiger partial charge in [0.15, 0.2) is 0 Å². The first-order valence-corrected chi connectivity index (χ1v) is 12.1. The lowest BCUT2D eigenvalue weighted by molar-refractivity contribution is 0.0727. The third-order valence-electron chi connectivity index (χ3n) is 5.53. The number of hydrogen-bond acceptors (Lipinski definition) is 4. The normalized spacial score (nSPS) is 11.5. The summed E-state index contributed by atoms with van der Waals surface area (Å²) in [6, 6.07) is 18.3. The van der Waals surface area contributed by atoms with Crippen LogP contribution in [0.25, 0.3) is 0 Å². The highest BCUT2D eigenvalue weighted by Gasteiger charge is 2.34. The van der Waals surface area contributed by atoms with E-state index < -0.39 is 17.3 Å². The molecule has 0 saturated heterocycles. The predicted octanol–water partition coefficient (Wildman–Crippen LogP) is 7.18. The molecule has 0 aromatic heterocycles. The van der Waals surface area contributed by atoms with Crippen LogP contribution < -0.4 is 14.8 Å². The van der Waals surface area contributed by atoms with Crippen molar-refractivity contribution in [3.63, 3.8) is 0 Å². The molecule has 0 saturated carbocycles. The smallest absolute Gasteiger partial charge is 0.347 e. The Kier molecular flexibility index (Phi) is 8.50. The molecule has 0 heterocycles. The molecular formula is C28H31BrFNO3. The molecule has 0 aliphatic carbocycles. The van der Waals surface area contributed by atoms with Crippen LogP contribution in [0.15, 0.2) is 65.1 Å². The second-order valence-corrected chi connectivity index (χ2v) is 10.0. The Labute approximate surface area is 209 Å². The zero-order valence-electron chi connectivity index (χ0n) is 20.2. The molecule has 3 aromatic rings. The molecule has 0 aliphatic heterocycles. The van der Waals surface area contributed by atoms with E-state index in [0.29, 0.717) is 28.2 Å². The van der Waals surface area contributed by atoms with Crippen molar-refractivity contribution in [1.29, 1.82) is 0 Å². The predicted molar refractivity (Wildman–Crippen MR) is 137 cm³/mol. The van der Waals surface area contributed by atoms with Gasteiger partial charge in [0.1, 0.15) is 29.5 Å². The van der Waals surface area contributed by atoms with E-state index in [1.54, 1.807) is 31.2 Å². The number of rotatable bonds is 9. The van der Waals surface area contributed by atoms with E-state index in [1.165, 1.54) is 0 Å². The third kappa shape index (κ3) is 6.05. The van der Waals surface area contributed by atoms with Gasteiger partial charge in [0.25, 0.3) is 0 Å². The second-order valence-electron chi connectivity index (χ2n) is 9.21. The van der Waals surface area contributed by atoms with Crippen LogP contribution in [0.2, 0.25) is 0 Å². The number of ether oxygens (including phenoxy) is 2. The number of carbonyl (C=O) groups is 1. The highest BCUT2D eigenvalue weighted by atomic mass is 79.9. The molecule has 0 fully saturated rings.